The predicted octanol–water partition coefficient (Wildman–Crippen LogP) is 10.3. The quantitative estimate of drug-likeness (QED) is 0.127. The van der Waals surface area contributed by atoms with E-state index in [9.17, 15) is 18.4 Å². The van der Waals surface area contributed by atoms with Crippen LogP contribution in [0.2, 0.25) is 0 Å². The molecule has 2 aliphatic rings. The highest BCUT2D eigenvalue weighted by Gasteiger charge is 2.25. The maximum atomic E-state index is 13.6. The second-order valence-electron chi connectivity index (χ2n) is 14.3. The molecule has 0 saturated heterocycles. The molecule has 296 valence electrons. The van der Waals surface area contributed by atoms with E-state index in [1.165, 1.54) is 38.5 Å². The van der Waals surface area contributed by atoms with Crippen LogP contribution in [0.25, 0.3) is 22.3 Å². The first-order chi connectivity index (χ1) is 28.3. The highest BCUT2D eigenvalue weighted by atomic mass is 19.1. The summed E-state index contributed by atoms with van der Waals surface area (Å²) in [6, 6.07) is 28.7. The number of carbonyl (C=O) groups excluding carboxylic acids is 2. The van der Waals surface area contributed by atoms with E-state index in [0.29, 0.717) is 36.2 Å². The van der Waals surface area contributed by atoms with Gasteiger partial charge < -0.3 is 18.9 Å². The van der Waals surface area contributed by atoms with E-state index in [1.54, 1.807) is 49.1 Å². The molecule has 8 nitrogen and oxygen atoms in total. The molecule has 58 heavy (non-hydrogen) atoms. The number of hydrogen-bond acceptors (Lipinski definition) is 8. The van der Waals surface area contributed by atoms with Gasteiger partial charge in [-0.15, -0.1) is 0 Å². The molecule has 0 radical (unpaired) electrons. The Morgan fingerprint density at radius 2 is 1.03 bits per heavy atom. The number of benzene rings is 4. The van der Waals surface area contributed by atoms with Crippen LogP contribution in [0.15, 0.2) is 122 Å². The number of aromatic nitrogens is 2. The molecule has 6 aromatic rings. The van der Waals surface area contributed by atoms with Gasteiger partial charge in [-0.3, -0.25) is 9.97 Å². The molecule has 0 bridgehead atoms. The SMILES string of the molecule is COC(=O)c1ccncc1CC[C@@H]1CCOc2cc(-c3cccc(F)c3)ccc21.COC(=O)c1ccncc1CC[C@H]1CCOc2cc(-c3cccc(F)c3)ccc21. The van der Waals surface area contributed by atoms with Crippen molar-refractivity contribution in [3.63, 3.8) is 0 Å². The van der Waals surface area contributed by atoms with Gasteiger partial charge in [0.05, 0.1) is 38.6 Å². The summed E-state index contributed by atoms with van der Waals surface area (Å²) in [4.78, 5) is 32.3. The van der Waals surface area contributed by atoms with Gasteiger partial charge in [-0.05, 0) is 143 Å². The Morgan fingerprint density at radius 1 is 0.603 bits per heavy atom. The lowest BCUT2D eigenvalue weighted by molar-refractivity contribution is 0.0590. The molecule has 8 rings (SSSR count). The number of aryl methyl sites for hydroxylation is 2. The molecular weight excluding hydrogens is 739 g/mol. The molecule has 0 amide bonds. The Kier molecular flexibility index (Phi) is 12.8. The summed E-state index contributed by atoms with van der Waals surface area (Å²) in [6.45, 7) is 1.28. The minimum atomic E-state index is -0.338. The molecule has 4 heterocycles. The molecule has 0 N–H and O–H groups in total. The zero-order valence-electron chi connectivity index (χ0n) is 32.5. The smallest absolute Gasteiger partial charge is 0.338 e. The molecule has 2 aliphatic heterocycles. The fourth-order valence-electron chi connectivity index (χ4n) is 7.75. The molecule has 2 aromatic heterocycles. The number of fused-ring (bicyclic) bond motifs is 2. The molecule has 0 fully saturated rings. The first-order valence-electron chi connectivity index (χ1n) is 19.4. The van der Waals surface area contributed by atoms with Crippen LogP contribution in [-0.4, -0.2) is 49.3 Å². The third-order valence-corrected chi connectivity index (χ3v) is 10.8. The first kappa shape index (κ1) is 39.8. The summed E-state index contributed by atoms with van der Waals surface area (Å²) in [5, 5.41) is 0. The van der Waals surface area contributed by atoms with Crippen molar-refractivity contribution in [1.82, 2.24) is 9.97 Å². The Hall–Kier alpha value is -6.42. The van der Waals surface area contributed by atoms with Crippen LogP contribution in [0, 0.1) is 11.6 Å². The predicted molar refractivity (Wildman–Crippen MR) is 217 cm³/mol. The third kappa shape index (κ3) is 9.40. The maximum Gasteiger partial charge on any atom is 0.338 e. The van der Waals surface area contributed by atoms with Crippen molar-refractivity contribution in [1.29, 1.82) is 0 Å². The summed E-state index contributed by atoms with van der Waals surface area (Å²) in [5.74, 6) is 1.17. The normalized spacial score (nSPS) is 15.3. The zero-order chi connectivity index (χ0) is 40.4. The average Bonchev–Trinajstić information content (AvgIpc) is 3.27. The van der Waals surface area contributed by atoms with Gasteiger partial charge in [0.1, 0.15) is 23.1 Å². The molecule has 0 unspecified atom stereocenters. The summed E-state index contributed by atoms with van der Waals surface area (Å²) in [5.41, 5.74) is 8.75. The Labute approximate surface area is 336 Å². The maximum absolute atomic E-state index is 13.6. The van der Waals surface area contributed by atoms with Gasteiger partial charge in [-0.1, -0.05) is 48.5 Å². The molecule has 0 saturated carbocycles. The number of rotatable bonds is 10. The van der Waals surface area contributed by atoms with Crippen molar-refractivity contribution in [2.45, 2.75) is 50.4 Å². The highest BCUT2D eigenvalue weighted by Crippen LogP contribution is 2.41. The van der Waals surface area contributed by atoms with Crippen molar-refractivity contribution < 1.29 is 37.3 Å². The lowest BCUT2D eigenvalue weighted by Crippen LogP contribution is -2.15. The van der Waals surface area contributed by atoms with E-state index in [0.717, 1.165) is 94.5 Å². The number of hydrogen-bond donors (Lipinski definition) is 0. The van der Waals surface area contributed by atoms with E-state index >= 15 is 0 Å². The molecule has 0 spiro atoms. The van der Waals surface area contributed by atoms with Gasteiger partial charge in [0, 0.05) is 24.8 Å². The molecule has 0 aliphatic carbocycles. The zero-order valence-corrected chi connectivity index (χ0v) is 32.5. The van der Waals surface area contributed by atoms with Crippen LogP contribution in [0.3, 0.4) is 0 Å². The van der Waals surface area contributed by atoms with E-state index in [-0.39, 0.29) is 23.6 Å². The summed E-state index contributed by atoms with van der Waals surface area (Å²) in [6.07, 6.45) is 11.7. The van der Waals surface area contributed by atoms with Crippen LogP contribution in [0.4, 0.5) is 8.78 Å². The summed E-state index contributed by atoms with van der Waals surface area (Å²) >= 11 is 0. The number of methoxy groups -OCH3 is 2. The first-order valence-corrected chi connectivity index (χ1v) is 19.4. The van der Waals surface area contributed by atoms with Crippen molar-refractivity contribution >= 4 is 11.9 Å². The monoisotopic (exact) mass is 782 g/mol. The average molecular weight is 783 g/mol. The standard InChI is InChI=1S/2C24H22FNO3/c2*1-28-24(27)22-9-11-26-15-19(22)6-5-16-10-12-29-23-14-18(7-8-21(16)23)17-3-2-4-20(25)13-17/h2*2-4,7-9,11,13-16H,5-6,10,12H2,1H3/t2*16-/m10/s1. The van der Waals surface area contributed by atoms with Gasteiger partial charge in [-0.2, -0.15) is 0 Å². The Morgan fingerprint density at radius 3 is 1.45 bits per heavy atom. The van der Waals surface area contributed by atoms with E-state index in [1.807, 2.05) is 36.4 Å². The van der Waals surface area contributed by atoms with Crippen LogP contribution >= 0.6 is 0 Å². The largest absolute Gasteiger partial charge is 0.493 e. The van der Waals surface area contributed by atoms with E-state index in [2.05, 4.69) is 22.1 Å². The van der Waals surface area contributed by atoms with Crippen LogP contribution in [-0.2, 0) is 22.3 Å². The van der Waals surface area contributed by atoms with Crippen LogP contribution in [0.1, 0.15) is 80.5 Å². The summed E-state index contributed by atoms with van der Waals surface area (Å²) < 4.78 is 48.7. The van der Waals surface area contributed by atoms with Crippen LogP contribution in [0.5, 0.6) is 11.5 Å². The molecule has 10 heteroatoms. The number of pyridine rings is 2. The number of ether oxygens (including phenoxy) is 4. The molecule has 2 atom stereocenters. The minimum Gasteiger partial charge on any atom is -0.493 e. The Bertz CT molecular complexity index is 2230. The van der Waals surface area contributed by atoms with Gasteiger partial charge in [0.25, 0.3) is 0 Å². The second-order valence-corrected chi connectivity index (χ2v) is 14.3. The summed E-state index contributed by atoms with van der Waals surface area (Å²) in [7, 11) is 2.77. The van der Waals surface area contributed by atoms with E-state index in [4.69, 9.17) is 18.9 Å². The van der Waals surface area contributed by atoms with Crippen molar-refractivity contribution in [3.8, 4) is 33.8 Å². The fourth-order valence-corrected chi connectivity index (χ4v) is 7.75. The highest BCUT2D eigenvalue weighted by molar-refractivity contribution is 5.91. The number of nitrogens with zero attached hydrogens (tertiary/aromatic N) is 2. The number of halogens is 2. The minimum absolute atomic E-state index is 0.253. The van der Waals surface area contributed by atoms with Crippen LogP contribution < -0.4 is 9.47 Å². The van der Waals surface area contributed by atoms with Gasteiger partial charge in [0.15, 0.2) is 0 Å². The van der Waals surface area contributed by atoms with Crippen molar-refractivity contribution in [3.05, 3.63) is 167 Å². The number of esters is 2. The topological polar surface area (TPSA) is 96.8 Å². The second kappa shape index (κ2) is 18.7. The van der Waals surface area contributed by atoms with E-state index < -0.39 is 0 Å². The van der Waals surface area contributed by atoms with Crippen molar-refractivity contribution in [2.24, 2.45) is 0 Å². The fraction of sp³-hybridized carbons (Fsp3) is 0.250. The number of carbonyl (C=O) groups is 2. The third-order valence-electron chi connectivity index (χ3n) is 10.8. The van der Waals surface area contributed by atoms with Gasteiger partial charge in [0.2, 0.25) is 0 Å². The lowest BCUT2D eigenvalue weighted by Gasteiger charge is -2.26. The van der Waals surface area contributed by atoms with Gasteiger partial charge in [-0.25, -0.2) is 18.4 Å². The van der Waals surface area contributed by atoms with Gasteiger partial charge >= 0.3 is 11.9 Å². The van der Waals surface area contributed by atoms with Crippen molar-refractivity contribution in [2.75, 3.05) is 27.4 Å². The molecule has 4 aromatic carbocycles. The lowest BCUT2D eigenvalue weighted by atomic mass is 9.86. The Balaban J connectivity index is 0.000000177. The molecular formula is C48H44F2N2O6.